The summed E-state index contributed by atoms with van der Waals surface area (Å²) < 4.78 is 16.1. The van der Waals surface area contributed by atoms with Gasteiger partial charge in [-0.1, -0.05) is 24.3 Å². The fraction of sp³-hybridized carbons (Fsp3) is 0.0909. The third kappa shape index (κ3) is 5.26. The van der Waals surface area contributed by atoms with Crippen LogP contribution in [0.4, 0.5) is 11.4 Å². The molecule has 0 aromatic heterocycles. The van der Waals surface area contributed by atoms with E-state index in [-0.39, 0.29) is 17.9 Å². The second kappa shape index (κ2) is 8.79. The van der Waals surface area contributed by atoms with Gasteiger partial charge in [-0.2, -0.15) is 0 Å². The minimum absolute atomic E-state index is 0.0531. The van der Waals surface area contributed by atoms with Crippen LogP contribution in [-0.2, 0) is 16.1 Å². The summed E-state index contributed by atoms with van der Waals surface area (Å²) in [6.07, 6.45) is 0. The molecule has 0 fully saturated rings. The lowest BCUT2D eigenvalue weighted by Gasteiger charge is -2.11. The molecule has 0 saturated heterocycles. The number of nitrogen functional groups attached to an aromatic ring is 2. The van der Waals surface area contributed by atoms with Crippen molar-refractivity contribution in [2.45, 2.75) is 13.5 Å². The van der Waals surface area contributed by atoms with Crippen molar-refractivity contribution in [2.24, 2.45) is 0 Å². The van der Waals surface area contributed by atoms with E-state index in [2.05, 4.69) is 0 Å². The Balaban J connectivity index is 1.62. The van der Waals surface area contributed by atoms with Gasteiger partial charge in [0.1, 0.15) is 29.4 Å². The molecule has 0 bridgehead atoms. The standard InChI is InChI=1S/C22H20N2O5/c1-14(25)28-20-5-3-2-4-18(20)22(26)27-13-15-6-9-17(10-7-15)29-21-11-8-16(23)12-19(21)24/h2-12H,13,23-24H2,1H3. The van der Waals surface area contributed by atoms with Crippen molar-refractivity contribution in [3.63, 3.8) is 0 Å². The third-order valence-corrected chi connectivity index (χ3v) is 3.92. The van der Waals surface area contributed by atoms with Gasteiger partial charge in [0.2, 0.25) is 0 Å². The Morgan fingerprint density at radius 1 is 0.897 bits per heavy atom. The first kappa shape index (κ1) is 19.8. The van der Waals surface area contributed by atoms with Crippen LogP contribution in [0, 0.1) is 0 Å². The van der Waals surface area contributed by atoms with E-state index in [0.717, 1.165) is 5.56 Å². The second-order valence-corrected chi connectivity index (χ2v) is 6.21. The predicted molar refractivity (Wildman–Crippen MR) is 109 cm³/mol. The average molecular weight is 392 g/mol. The molecular weight excluding hydrogens is 372 g/mol. The van der Waals surface area contributed by atoms with Gasteiger partial charge in [0.25, 0.3) is 0 Å². The van der Waals surface area contributed by atoms with Crippen molar-refractivity contribution in [3.05, 3.63) is 77.9 Å². The first-order chi connectivity index (χ1) is 13.9. The van der Waals surface area contributed by atoms with E-state index in [4.69, 9.17) is 25.7 Å². The Labute approximate surface area is 167 Å². The van der Waals surface area contributed by atoms with E-state index < -0.39 is 11.9 Å². The molecule has 0 atom stereocenters. The van der Waals surface area contributed by atoms with Gasteiger partial charge in [0, 0.05) is 12.6 Å². The van der Waals surface area contributed by atoms with E-state index >= 15 is 0 Å². The maximum atomic E-state index is 12.3. The molecule has 0 radical (unpaired) electrons. The lowest BCUT2D eigenvalue weighted by Crippen LogP contribution is -2.10. The van der Waals surface area contributed by atoms with Crippen LogP contribution >= 0.6 is 0 Å². The molecule has 0 aliphatic heterocycles. The lowest BCUT2D eigenvalue weighted by atomic mass is 10.2. The fourth-order valence-corrected chi connectivity index (χ4v) is 2.55. The highest BCUT2D eigenvalue weighted by atomic mass is 16.5. The summed E-state index contributed by atoms with van der Waals surface area (Å²) in [5.74, 6) is 0.145. The monoisotopic (exact) mass is 392 g/mol. The van der Waals surface area contributed by atoms with Crippen molar-refractivity contribution in [2.75, 3.05) is 11.5 Å². The molecule has 3 aromatic carbocycles. The maximum Gasteiger partial charge on any atom is 0.342 e. The minimum atomic E-state index is -0.586. The fourth-order valence-electron chi connectivity index (χ4n) is 2.55. The van der Waals surface area contributed by atoms with Gasteiger partial charge in [0.15, 0.2) is 0 Å². The summed E-state index contributed by atoms with van der Waals surface area (Å²) in [5, 5.41) is 0. The van der Waals surface area contributed by atoms with Crippen LogP contribution in [0.1, 0.15) is 22.8 Å². The number of carbonyl (C=O) groups is 2. The van der Waals surface area contributed by atoms with Crippen molar-refractivity contribution in [1.82, 2.24) is 0 Å². The Kier molecular flexibility index (Phi) is 5.99. The van der Waals surface area contributed by atoms with Crippen LogP contribution in [0.15, 0.2) is 66.7 Å². The summed E-state index contributed by atoms with van der Waals surface area (Å²) >= 11 is 0. The molecule has 7 nitrogen and oxygen atoms in total. The van der Waals surface area contributed by atoms with Gasteiger partial charge in [-0.05, 0) is 48.0 Å². The maximum absolute atomic E-state index is 12.3. The molecule has 3 aromatic rings. The molecule has 0 saturated carbocycles. The Morgan fingerprint density at radius 2 is 1.62 bits per heavy atom. The first-order valence-electron chi connectivity index (χ1n) is 8.79. The highest BCUT2D eigenvalue weighted by Gasteiger charge is 2.15. The van der Waals surface area contributed by atoms with E-state index in [0.29, 0.717) is 22.9 Å². The number of benzene rings is 3. The molecule has 7 heteroatoms. The number of esters is 2. The average Bonchev–Trinajstić information content (AvgIpc) is 2.69. The molecule has 0 aliphatic carbocycles. The van der Waals surface area contributed by atoms with Gasteiger partial charge >= 0.3 is 11.9 Å². The number of ether oxygens (including phenoxy) is 3. The summed E-state index contributed by atoms with van der Waals surface area (Å²) in [5.41, 5.74) is 13.5. The molecule has 4 N–H and O–H groups in total. The zero-order chi connectivity index (χ0) is 20.8. The molecule has 29 heavy (non-hydrogen) atoms. The highest BCUT2D eigenvalue weighted by Crippen LogP contribution is 2.29. The quantitative estimate of drug-likeness (QED) is 0.371. The van der Waals surface area contributed by atoms with Crippen molar-refractivity contribution in [3.8, 4) is 17.2 Å². The number of para-hydroxylation sites is 1. The largest absolute Gasteiger partial charge is 0.457 e. The summed E-state index contributed by atoms with van der Waals surface area (Å²) in [7, 11) is 0. The van der Waals surface area contributed by atoms with Gasteiger partial charge in [0.05, 0.1) is 5.69 Å². The topological polar surface area (TPSA) is 114 Å². The van der Waals surface area contributed by atoms with Crippen molar-refractivity contribution >= 4 is 23.3 Å². The molecule has 3 rings (SSSR count). The van der Waals surface area contributed by atoms with E-state index in [1.807, 2.05) is 0 Å². The zero-order valence-corrected chi connectivity index (χ0v) is 15.8. The van der Waals surface area contributed by atoms with Crippen LogP contribution < -0.4 is 20.9 Å². The van der Waals surface area contributed by atoms with Crippen LogP contribution in [0.5, 0.6) is 17.2 Å². The molecule has 0 aliphatic rings. The number of carbonyl (C=O) groups excluding carboxylic acids is 2. The summed E-state index contributed by atoms with van der Waals surface area (Å²) in [4.78, 5) is 23.5. The van der Waals surface area contributed by atoms with Gasteiger partial charge < -0.3 is 25.7 Å². The minimum Gasteiger partial charge on any atom is -0.457 e. The number of nitrogens with two attached hydrogens (primary N) is 2. The molecule has 0 heterocycles. The van der Waals surface area contributed by atoms with Crippen molar-refractivity contribution < 1.29 is 23.8 Å². The molecule has 0 amide bonds. The normalized spacial score (nSPS) is 10.2. The zero-order valence-electron chi connectivity index (χ0n) is 15.8. The van der Waals surface area contributed by atoms with Crippen LogP contribution in [0.3, 0.4) is 0 Å². The molecule has 148 valence electrons. The highest BCUT2D eigenvalue weighted by molar-refractivity contribution is 5.93. The van der Waals surface area contributed by atoms with Crippen LogP contribution in [0.2, 0.25) is 0 Å². The summed E-state index contributed by atoms with van der Waals surface area (Å²) in [6, 6.07) is 18.5. The Morgan fingerprint density at radius 3 is 2.31 bits per heavy atom. The summed E-state index contributed by atoms with van der Waals surface area (Å²) in [6.45, 7) is 1.32. The smallest absolute Gasteiger partial charge is 0.342 e. The van der Waals surface area contributed by atoms with Crippen molar-refractivity contribution in [1.29, 1.82) is 0 Å². The van der Waals surface area contributed by atoms with Gasteiger partial charge in [-0.3, -0.25) is 4.79 Å². The number of anilines is 2. The Hall–Kier alpha value is -4.00. The molecule has 0 spiro atoms. The lowest BCUT2D eigenvalue weighted by molar-refractivity contribution is -0.131. The van der Waals surface area contributed by atoms with E-state index in [1.54, 1.807) is 54.6 Å². The van der Waals surface area contributed by atoms with Gasteiger partial charge in [-0.15, -0.1) is 0 Å². The third-order valence-electron chi connectivity index (χ3n) is 3.92. The van der Waals surface area contributed by atoms with Gasteiger partial charge in [-0.25, -0.2) is 4.79 Å². The molecular formula is C22H20N2O5. The first-order valence-corrected chi connectivity index (χ1v) is 8.79. The van der Waals surface area contributed by atoms with Crippen LogP contribution in [-0.4, -0.2) is 11.9 Å². The number of hydrogen-bond donors (Lipinski definition) is 2. The van der Waals surface area contributed by atoms with E-state index in [9.17, 15) is 9.59 Å². The number of hydrogen-bond acceptors (Lipinski definition) is 7. The SMILES string of the molecule is CC(=O)Oc1ccccc1C(=O)OCc1ccc(Oc2ccc(N)cc2N)cc1. The molecule has 0 unspecified atom stereocenters. The Bertz CT molecular complexity index is 1030. The van der Waals surface area contributed by atoms with E-state index in [1.165, 1.54) is 19.1 Å². The second-order valence-electron chi connectivity index (χ2n) is 6.21. The number of rotatable bonds is 6. The predicted octanol–water partition coefficient (Wildman–Crippen LogP) is 3.93. The van der Waals surface area contributed by atoms with Crippen LogP contribution in [0.25, 0.3) is 0 Å².